The minimum absolute atomic E-state index is 0.00523. The lowest BCUT2D eigenvalue weighted by Gasteiger charge is -2.11. The first-order chi connectivity index (χ1) is 21.3. The molecule has 0 saturated carbocycles. The van der Waals surface area contributed by atoms with Crippen molar-refractivity contribution < 1.29 is 4.84 Å². The summed E-state index contributed by atoms with van der Waals surface area (Å²) in [5, 5.41) is 7.39. The molecule has 7 aromatic rings. The van der Waals surface area contributed by atoms with Gasteiger partial charge in [0.1, 0.15) is 6.67 Å². The van der Waals surface area contributed by atoms with Crippen molar-refractivity contribution in [3.05, 3.63) is 127 Å². The fraction of sp³-hybridized carbons (Fsp3) is 0.129. The second-order valence-electron chi connectivity index (χ2n) is 10.3. The average Bonchev–Trinajstić information content (AvgIpc) is 3.73. The lowest BCUT2D eigenvalue weighted by atomic mass is 10.1. The summed E-state index contributed by atoms with van der Waals surface area (Å²) in [6, 6.07) is 18.4. The molecule has 5 heterocycles. The fourth-order valence-corrected chi connectivity index (χ4v) is 5.86. The largest absolute Gasteiger partial charge is 0.389 e. The normalized spacial score (nSPS) is 12.1. The molecule has 0 bridgehead atoms. The molecule has 7 rings (SSSR count). The first-order valence-electron chi connectivity index (χ1n) is 13.6. The lowest BCUT2D eigenvalue weighted by molar-refractivity contribution is 0.128. The van der Waals surface area contributed by atoms with Crippen molar-refractivity contribution in [1.82, 2.24) is 33.2 Å². The first-order valence-corrected chi connectivity index (χ1v) is 14.3. The van der Waals surface area contributed by atoms with Crippen LogP contribution >= 0.6 is 23.2 Å². The van der Waals surface area contributed by atoms with Crippen molar-refractivity contribution in [2.24, 2.45) is 19.3 Å². The van der Waals surface area contributed by atoms with Crippen LogP contribution in [0.15, 0.2) is 94.0 Å². The highest BCUT2D eigenvalue weighted by Crippen LogP contribution is 2.25. The van der Waals surface area contributed by atoms with Gasteiger partial charge in [0.2, 0.25) is 0 Å². The molecular weight excluding hydrogens is 603 g/mol. The number of pyridine rings is 1. The standard InChI is InChI=1S/C31H24Cl2N8O3/c1-38-27-29(39(2)31(43)41(30(27)42)17-40-14-11-20-22(32)6-4-8-25(20)40)36-28(38)26(18-9-12-34-13-10-18)37-44-16-19-15-21-23(33)5-3-7-24(21)35-19/h3-15,35H,16-17H2,1-2H3. The van der Waals surface area contributed by atoms with E-state index in [1.807, 2.05) is 47.0 Å². The van der Waals surface area contributed by atoms with Gasteiger partial charge in [-0.25, -0.2) is 14.3 Å². The monoisotopic (exact) mass is 626 g/mol. The summed E-state index contributed by atoms with van der Waals surface area (Å²) in [6.45, 7) is 0.123. The quantitative estimate of drug-likeness (QED) is 0.196. The van der Waals surface area contributed by atoms with Crippen molar-refractivity contribution >= 4 is 61.9 Å². The predicted molar refractivity (Wildman–Crippen MR) is 171 cm³/mol. The molecule has 44 heavy (non-hydrogen) atoms. The predicted octanol–water partition coefficient (Wildman–Crippen LogP) is 5.05. The Morgan fingerprint density at radius 1 is 0.955 bits per heavy atom. The Labute approximate surface area is 259 Å². The van der Waals surface area contributed by atoms with Crippen LogP contribution in [0.5, 0.6) is 0 Å². The van der Waals surface area contributed by atoms with Crippen LogP contribution in [0.2, 0.25) is 10.0 Å². The molecule has 0 aliphatic carbocycles. The number of nitrogens with zero attached hydrogens (tertiary/aromatic N) is 7. The van der Waals surface area contributed by atoms with Gasteiger partial charge in [0, 0.05) is 64.6 Å². The number of hydrogen-bond donors (Lipinski definition) is 1. The third-order valence-corrected chi connectivity index (χ3v) is 8.28. The lowest BCUT2D eigenvalue weighted by Crippen LogP contribution is -2.41. The van der Waals surface area contributed by atoms with E-state index < -0.39 is 11.2 Å². The zero-order valence-electron chi connectivity index (χ0n) is 23.5. The van der Waals surface area contributed by atoms with E-state index in [2.05, 4.69) is 15.1 Å². The van der Waals surface area contributed by atoms with Crippen LogP contribution in [0.1, 0.15) is 17.1 Å². The summed E-state index contributed by atoms with van der Waals surface area (Å²) in [7, 11) is 3.30. The fourth-order valence-electron chi connectivity index (χ4n) is 5.39. The molecule has 220 valence electrons. The van der Waals surface area contributed by atoms with Gasteiger partial charge in [-0.3, -0.25) is 14.3 Å². The Bertz CT molecular complexity index is 2360. The van der Waals surface area contributed by atoms with Crippen LogP contribution in [0.3, 0.4) is 0 Å². The van der Waals surface area contributed by atoms with Crippen molar-refractivity contribution in [2.75, 3.05) is 0 Å². The minimum atomic E-state index is -0.507. The number of benzene rings is 2. The number of imidazole rings is 1. The second-order valence-corrected chi connectivity index (χ2v) is 11.1. The number of aromatic amines is 1. The van der Waals surface area contributed by atoms with Gasteiger partial charge in [0.25, 0.3) is 5.56 Å². The number of nitrogens with one attached hydrogen (secondary N) is 1. The summed E-state index contributed by atoms with van der Waals surface area (Å²) < 4.78 is 5.97. The Morgan fingerprint density at radius 2 is 1.70 bits per heavy atom. The second kappa shape index (κ2) is 10.9. The van der Waals surface area contributed by atoms with E-state index >= 15 is 0 Å². The van der Waals surface area contributed by atoms with Gasteiger partial charge < -0.3 is 19.0 Å². The molecule has 5 aromatic heterocycles. The van der Waals surface area contributed by atoms with E-state index in [4.69, 9.17) is 33.0 Å². The summed E-state index contributed by atoms with van der Waals surface area (Å²) in [5.74, 6) is 0.342. The Kier molecular flexibility index (Phi) is 6.83. The highest BCUT2D eigenvalue weighted by atomic mass is 35.5. The van der Waals surface area contributed by atoms with E-state index in [1.54, 1.807) is 55.5 Å². The molecule has 0 atom stereocenters. The molecule has 13 heteroatoms. The van der Waals surface area contributed by atoms with Crippen LogP contribution in [0.4, 0.5) is 0 Å². The Hall–Kier alpha value is -5.13. The zero-order valence-corrected chi connectivity index (χ0v) is 25.0. The summed E-state index contributed by atoms with van der Waals surface area (Å²) in [5.41, 5.74) is 2.97. The van der Waals surface area contributed by atoms with Crippen LogP contribution in [-0.2, 0) is 32.2 Å². The molecule has 0 saturated heterocycles. The highest BCUT2D eigenvalue weighted by Gasteiger charge is 2.23. The van der Waals surface area contributed by atoms with Gasteiger partial charge in [-0.2, -0.15) is 0 Å². The van der Waals surface area contributed by atoms with Crippen LogP contribution in [0.25, 0.3) is 33.0 Å². The van der Waals surface area contributed by atoms with Crippen LogP contribution in [-0.4, -0.2) is 38.9 Å². The van der Waals surface area contributed by atoms with E-state index in [0.29, 0.717) is 27.1 Å². The van der Waals surface area contributed by atoms with E-state index in [9.17, 15) is 9.59 Å². The number of oxime groups is 1. The number of halogens is 2. The number of rotatable bonds is 7. The van der Waals surface area contributed by atoms with E-state index in [-0.39, 0.29) is 24.4 Å². The Balaban J connectivity index is 1.31. The molecule has 0 unspecified atom stereocenters. The molecule has 0 amide bonds. The van der Waals surface area contributed by atoms with Crippen molar-refractivity contribution in [3.63, 3.8) is 0 Å². The molecule has 1 N–H and O–H groups in total. The molecule has 0 aliphatic heterocycles. The van der Waals surface area contributed by atoms with Crippen LogP contribution < -0.4 is 11.2 Å². The number of hydrogen-bond acceptors (Lipinski definition) is 6. The minimum Gasteiger partial charge on any atom is -0.389 e. The van der Waals surface area contributed by atoms with Gasteiger partial charge in [0.05, 0.1) is 11.2 Å². The van der Waals surface area contributed by atoms with Crippen molar-refractivity contribution in [3.8, 4) is 0 Å². The van der Waals surface area contributed by atoms with Gasteiger partial charge in [-0.1, -0.05) is 40.5 Å². The van der Waals surface area contributed by atoms with Crippen LogP contribution in [0, 0.1) is 0 Å². The third kappa shape index (κ3) is 4.57. The zero-order chi connectivity index (χ0) is 30.5. The maximum atomic E-state index is 13.9. The number of H-pyrrole nitrogens is 1. The topological polar surface area (TPSA) is 117 Å². The maximum absolute atomic E-state index is 13.9. The summed E-state index contributed by atoms with van der Waals surface area (Å²) in [6.07, 6.45) is 5.06. The van der Waals surface area contributed by atoms with Crippen molar-refractivity contribution in [1.29, 1.82) is 0 Å². The highest BCUT2D eigenvalue weighted by molar-refractivity contribution is 6.35. The molecule has 0 aliphatic rings. The first kappa shape index (κ1) is 27.7. The Morgan fingerprint density at radius 3 is 2.48 bits per heavy atom. The summed E-state index contributed by atoms with van der Waals surface area (Å²) >= 11 is 12.7. The number of fused-ring (bicyclic) bond motifs is 3. The molecule has 0 spiro atoms. The van der Waals surface area contributed by atoms with E-state index in [0.717, 1.165) is 27.5 Å². The van der Waals surface area contributed by atoms with Crippen molar-refractivity contribution in [2.45, 2.75) is 13.3 Å². The molecule has 11 nitrogen and oxygen atoms in total. The summed E-state index contributed by atoms with van der Waals surface area (Å²) in [4.78, 5) is 45.3. The average molecular weight is 627 g/mol. The number of aromatic nitrogens is 7. The van der Waals surface area contributed by atoms with E-state index in [1.165, 1.54) is 9.13 Å². The van der Waals surface area contributed by atoms with Gasteiger partial charge in [-0.15, -0.1) is 0 Å². The molecule has 0 fully saturated rings. The maximum Gasteiger partial charge on any atom is 0.333 e. The van der Waals surface area contributed by atoms with Gasteiger partial charge >= 0.3 is 5.69 Å². The SMILES string of the molecule is Cn1c(C(=NOCc2cc3c(Cl)cccc3[nH]2)c2ccncc2)nc2c1c(=O)n(Cn1ccc3c(Cl)cccc31)c(=O)n2C. The third-order valence-electron chi connectivity index (χ3n) is 7.62. The molecule has 2 aromatic carbocycles. The smallest absolute Gasteiger partial charge is 0.333 e. The van der Waals surface area contributed by atoms with Gasteiger partial charge in [-0.05, 0) is 48.5 Å². The molecule has 0 radical (unpaired) electrons. The van der Waals surface area contributed by atoms with Gasteiger partial charge in [0.15, 0.2) is 29.3 Å². The number of aryl methyl sites for hydroxylation is 2. The molecular formula is C31H24Cl2N8O3.